The van der Waals surface area contributed by atoms with Crippen molar-refractivity contribution in [2.75, 3.05) is 28.4 Å². The third-order valence-electron chi connectivity index (χ3n) is 21.4. The second-order valence-corrected chi connectivity index (χ2v) is 27.5. The molecule has 0 spiro atoms. The fraction of sp³-hybridized carbons (Fsp3) is 0.455. The first kappa shape index (κ1) is 65.1. The van der Waals surface area contributed by atoms with E-state index in [9.17, 15) is 19.2 Å². The molecular weight excluding hydrogens is 1160 g/mol. The third-order valence-corrected chi connectivity index (χ3v) is 21.9. The molecule has 0 amide bonds. The van der Waals surface area contributed by atoms with Crippen molar-refractivity contribution in [1.82, 2.24) is 0 Å². The van der Waals surface area contributed by atoms with E-state index in [1.807, 2.05) is 72.8 Å². The third kappa shape index (κ3) is 13.9. The van der Waals surface area contributed by atoms with Crippen molar-refractivity contribution in [1.29, 1.82) is 0 Å². The monoisotopic (exact) mass is 1240 g/mol. The van der Waals surface area contributed by atoms with Crippen LogP contribution in [0.4, 0.5) is 0 Å². The molecule has 6 aromatic rings. The van der Waals surface area contributed by atoms with Gasteiger partial charge in [-0.3, -0.25) is 0 Å². The van der Waals surface area contributed by atoms with Gasteiger partial charge in [-0.15, -0.1) is 0 Å². The van der Waals surface area contributed by atoms with Crippen molar-refractivity contribution < 1.29 is 47.6 Å². The minimum atomic E-state index is -0.641. The van der Waals surface area contributed by atoms with Crippen LogP contribution in [0.25, 0.3) is 27.8 Å². The molecule has 0 saturated heterocycles. The standard InChI is InChI=1S/C77H88Cl2O10/c1-47(2)16-14-17-48(3)65-34-35-66-62-33-32-56-40-49(36-38-76(56,4)67(62)37-39-77(65,66)5)18-15-23-57(54-41-63(74(82)86-8)70(68(78)43-54)88-45-50-24-28-52(29-25-50)58-19-10-12-21-60(58)72(80)84-6)55-42-64(75(83)87-9)71(69(79)44-55)89-46-51-26-30-53(31-27-51)59-20-11-13-22-61(59)73(81)85-7/h10-13,19-31,41-44,47-49,56,62,65-67H,14-18,32-40,45-46H2,1-9H3/t48-,49+,56?,62+,65-,66+,67+,76+,77-/m1/s1. The van der Waals surface area contributed by atoms with Crippen LogP contribution in [0.1, 0.15) is 188 Å². The summed E-state index contributed by atoms with van der Waals surface area (Å²) in [7, 11) is 5.37. The lowest BCUT2D eigenvalue weighted by atomic mass is 9.44. The molecule has 4 aliphatic carbocycles. The number of carbonyl (C=O) groups excluding carboxylic acids is 4. The number of fused-ring (bicyclic) bond motifs is 5. The van der Waals surface area contributed by atoms with Crippen LogP contribution in [-0.2, 0) is 32.2 Å². The van der Waals surface area contributed by atoms with Crippen LogP contribution in [-0.4, -0.2) is 52.3 Å². The predicted octanol–water partition coefficient (Wildman–Crippen LogP) is 19.6. The molecule has 10 nitrogen and oxygen atoms in total. The Morgan fingerprint density at radius 2 is 1.03 bits per heavy atom. The summed E-state index contributed by atoms with van der Waals surface area (Å²) in [5.74, 6) is 4.35. The molecular formula is C77H88Cl2O10. The average Bonchev–Trinajstić information content (AvgIpc) is 1.70. The Morgan fingerprint density at radius 1 is 0.551 bits per heavy atom. The average molecular weight is 1240 g/mol. The fourth-order valence-electron chi connectivity index (χ4n) is 16.7. The molecule has 0 N–H and O–H groups in total. The van der Waals surface area contributed by atoms with Gasteiger partial charge in [-0.25, -0.2) is 19.2 Å². The van der Waals surface area contributed by atoms with Gasteiger partial charge in [-0.1, -0.05) is 168 Å². The van der Waals surface area contributed by atoms with Gasteiger partial charge in [0.25, 0.3) is 0 Å². The van der Waals surface area contributed by atoms with Crippen LogP contribution in [0.15, 0.2) is 127 Å². The zero-order valence-corrected chi connectivity index (χ0v) is 54.9. The quantitative estimate of drug-likeness (QED) is 0.0479. The summed E-state index contributed by atoms with van der Waals surface area (Å²) < 4.78 is 33.7. The van der Waals surface area contributed by atoms with Crippen LogP contribution in [0.3, 0.4) is 0 Å². The van der Waals surface area contributed by atoms with Gasteiger partial charge in [0.2, 0.25) is 0 Å². The lowest BCUT2D eigenvalue weighted by Gasteiger charge is -2.61. The molecule has 6 aromatic carbocycles. The number of methoxy groups -OCH3 is 4. The second kappa shape index (κ2) is 28.5. The molecule has 0 bridgehead atoms. The van der Waals surface area contributed by atoms with Crippen LogP contribution < -0.4 is 9.47 Å². The Labute approximate surface area is 537 Å². The number of halogens is 2. The molecule has 470 valence electrons. The number of allylic oxidation sites excluding steroid dienone is 1. The van der Waals surface area contributed by atoms with Gasteiger partial charge < -0.3 is 28.4 Å². The minimum Gasteiger partial charge on any atom is -0.486 e. The zero-order chi connectivity index (χ0) is 63.1. The van der Waals surface area contributed by atoms with Crippen molar-refractivity contribution in [3.05, 3.63) is 182 Å². The maximum Gasteiger partial charge on any atom is 0.341 e. The first-order valence-electron chi connectivity index (χ1n) is 32.2. The number of carbonyl (C=O) groups is 4. The highest BCUT2D eigenvalue weighted by atomic mass is 35.5. The highest BCUT2D eigenvalue weighted by Crippen LogP contribution is 2.69. The van der Waals surface area contributed by atoms with Crippen molar-refractivity contribution in [2.45, 2.75) is 138 Å². The number of esters is 4. The number of rotatable bonds is 22. The highest BCUT2D eigenvalue weighted by molar-refractivity contribution is 6.33. The largest absolute Gasteiger partial charge is 0.486 e. The summed E-state index contributed by atoms with van der Waals surface area (Å²) >= 11 is 14.5. The molecule has 0 radical (unpaired) electrons. The maximum atomic E-state index is 13.9. The molecule has 4 aliphatic rings. The summed E-state index contributed by atoms with van der Waals surface area (Å²) in [5, 5.41) is 0.372. The van der Waals surface area contributed by atoms with E-state index in [0.717, 1.165) is 81.7 Å². The van der Waals surface area contributed by atoms with Gasteiger partial charge in [0.15, 0.2) is 11.5 Å². The highest BCUT2D eigenvalue weighted by Gasteiger charge is 2.60. The van der Waals surface area contributed by atoms with Crippen LogP contribution in [0.5, 0.6) is 11.5 Å². The molecule has 4 fully saturated rings. The Hall–Kier alpha value is -6.88. The van der Waals surface area contributed by atoms with Gasteiger partial charge in [0, 0.05) is 0 Å². The molecule has 1 unspecified atom stereocenters. The van der Waals surface area contributed by atoms with Gasteiger partial charge in [0.1, 0.15) is 24.3 Å². The lowest BCUT2D eigenvalue weighted by molar-refractivity contribution is -0.121. The van der Waals surface area contributed by atoms with Crippen molar-refractivity contribution >= 4 is 52.7 Å². The van der Waals surface area contributed by atoms with Gasteiger partial charge in [-0.2, -0.15) is 0 Å². The summed E-state index contributed by atoms with van der Waals surface area (Å²) in [5.41, 5.74) is 8.61. The van der Waals surface area contributed by atoms with E-state index in [1.54, 1.807) is 48.5 Å². The van der Waals surface area contributed by atoms with E-state index in [2.05, 4.69) is 40.7 Å². The molecule has 0 aromatic heterocycles. The van der Waals surface area contributed by atoms with Gasteiger partial charge in [-0.05, 0) is 215 Å². The van der Waals surface area contributed by atoms with E-state index in [4.69, 9.17) is 51.6 Å². The molecule has 0 heterocycles. The smallest absolute Gasteiger partial charge is 0.341 e. The molecule has 0 aliphatic heterocycles. The van der Waals surface area contributed by atoms with Crippen molar-refractivity contribution in [2.24, 2.45) is 58.2 Å². The minimum absolute atomic E-state index is 0.0684. The number of ether oxygens (including phenoxy) is 6. The molecule has 9 atom stereocenters. The van der Waals surface area contributed by atoms with Crippen LogP contribution >= 0.6 is 23.2 Å². The van der Waals surface area contributed by atoms with Crippen molar-refractivity contribution in [3.8, 4) is 33.8 Å². The Kier molecular flexibility index (Phi) is 20.9. The van der Waals surface area contributed by atoms with Gasteiger partial charge >= 0.3 is 23.9 Å². The summed E-state index contributed by atoms with van der Waals surface area (Å²) in [6.45, 7) is 12.8. The molecule has 4 saturated carbocycles. The summed E-state index contributed by atoms with van der Waals surface area (Å²) in [6, 6.07) is 36.8. The molecule has 89 heavy (non-hydrogen) atoms. The second-order valence-electron chi connectivity index (χ2n) is 26.7. The Morgan fingerprint density at radius 3 is 1.54 bits per heavy atom. The van der Waals surface area contributed by atoms with Crippen LogP contribution in [0.2, 0.25) is 10.0 Å². The van der Waals surface area contributed by atoms with Crippen LogP contribution in [0, 0.1) is 58.2 Å². The lowest BCUT2D eigenvalue weighted by Crippen LogP contribution is -2.53. The summed E-state index contributed by atoms with van der Waals surface area (Å²) in [6.07, 6.45) is 19.9. The molecule has 10 rings (SSSR count). The molecule has 12 heteroatoms. The maximum absolute atomic E-state index is 13.9. The number of benzene rings is 6. The fourth-order valence-corrected chi connectivity index (χ4v) is 17.3. The van der Waals surface area contributed by atoms with E-state index in [1.165, 1.54) is 105 Å². The zero-order valence-electron chi connectivity index (χ0n) is 53.4. The topological polar surface area (TPSA) is 124 Å². The van der Waals surface area contributed by atoms with Crippen molar-refractivity contribution in [3.63, 3.8) is 0 Å². The Bertz CT molecular complexity index is 3370. The van der Waals surface area contributed by atoms with E-state index >= 15 is 0 Å². The number of hydrogen-bond donors (Lipinski definition) is 0. The SMILES string of the molecule is COC(=O)c1ccccc1-c1ccc(COc2c(Cl)cc(C(=CCC[C@H]3CC[C@@]4(C)C(CC[C@H]5[C@@H]6CC[C@H]([C@H](C)CCCC(C)C)[C@@]6(C)CC[C@@H]54)C3)c3cc(Cl)c(OCc4ccc(-c5ccccc5C(=O)OC)cc4)c(C(=O)OC)c3)cc2C(=O)OC)cc1. The van der Waals surface area contributed by atoms with Gasteiger partial charge in [0.05, 0.1) is 49.6 Å². The first-order valence-corrected chi connectivity index (χ1v) is 33.0. The summed E-state index contributed by atoms with van der Waals surface area (Å²) in [4.78, 5) is 53.0. The predicted molar refractivity (Wildman–Crippen MR) is 354 cm³/mol. The number of hydrogen-bond acceptors (Lipinski definition) is 10. The van der Waals surface area contributed by atoms with E-state index < -0.39 is 23.9 Å². The first-order chi connectivity index (χ1) is 42.9. The van der Waals surface area contributed by atoms with E-state index in [-0.39, 0.29) is 45.9 Å². The normalized spacial score (nSPS) is 23.0. The Balaban J connectivity index is 0.916. The van der Waals surface area contributed by atoms with E-state index in [0.29, 0.717) is 50.5 Å².